The van der Waals surface area contributed by atoms with Crippen molar-refractivity contribution in [3.05, 3.63) is 72.3 Å². The first kappa shape index (κ1) is 18.6. The fourth-order valence-electron chi connectivity index (χ4n) is 3.19. The third-order valence-electron chi connectivity index (χ3n) is 4.73. The van der Waals surface area contributed by atoms with Crippen molar-refractivity contribution in [2.45, 2.75) is 13.0 Å². The van der Waals surface area contributed by atoms with Crippen LogP contribution in [0.2, 0.25) is 0 Å². The number of carbonyl (C=O) groups excluding carboxylic acids is 2. The molecule has 1 unspecified atom stereocenters. The zero-order chi connectivity index (χ0) is 20.4. The van der Waals surface area contributed by atoms with E-state index >= 15 is 0 Å². The highest BCUT2D eigenvalue weighted by atomic mass is 16.5. The summed E-state index contributed by atoms with van der Waals surface area (Å²) in [5, 5.41) is 7.39. The van der Waals surface area contributed by atoms with Gasteiger partial charge in [-0.05, 0) is 31.2 Å². The van der Waals surface area contributed by atoms with Crippen molar-refractivity contribution in [2.24, 2.45) is 0 Å². The molecule has 0 saturated carbocycles. The van der Waals surface area contributed by atoms with E-state index in [1.54, 1.807) is 44.4 Å². The van der Waals surface area contributed by atoms with E-state index < -0.39 is 6.04 Å². The average molecular weight is 388 g/mol. The van der Waals surface area contributed by atoms with Gasteiger partial charge < -0.3 is 19.8 Å². The highest BCUT2D eigenvalue weighted by molar-refractivity contribution is 6.08. The molecule has 146 valence electrons. The molecule has 1 atom stereocenters. The van der Waals surface area contributed by atoms with Crippen LogP contribution in [0, 0.1) is 0 Å². The standard InChI is InChI=1S/C23H20N2O4/c1-14(24-23(27)15-8-4-3-5-9-15)22(26)25-18-13-20-17(12-21(18)28-2)16-10-6-7-11-19(16)29-20/h3-14H,1-2H3,(H,24,27)(H,25,26). The lowest BCUT2D eigenvalue weighted by Crippen LogP contribution is -2.41. The minimum absolute atomic E-state index is 0.312. The number of furan rings is 1. The largest absolute Gasteiger partial charge is 0.495 e. The molecule has 0 fully saturated rings. The van der Waals surface area contributed by atoms with E-state index in [0.29, 0.717) is 22.6 Å². The summed E-state index contributed by atoms with van der Waals surface area (Å²) in [7, 11) is 1.54. The van der Waals surface area contributed by atoms with Crippen LogP contribution < -0.4 is 15.4 Å². The molecule has 2 N–H and O–H groups in total. The first-order chi connectivity index (χ1) is 14.1. The summed E-state index contributed by atoms with van der Waals surface area (Å²) in [4.78, 5) is 24.9. The van der Waals surface area contributed by atoms with E-state index in [4.69, 9.17) is 9.15 Å². The van der Waals surface area contributed by atoms with Gasteiger partial charge in [0.05, 0.1) is 12.8 Å². The van der Waals surface area contributed by atoms with E-state index in [1.807, 2.05) is 36.4 Å². The molecule has 1 heterocycles. The van der Waals surface area contributed by atoms with Crippen LogP contribution in [0.1, 0.15) is 17.3 Å². The zero-order valence-corrected chi connectivity index (χ0v) is 16.1. The minimum atomic E-state index is -0.737. The number of para-hydroxylation sites is 1. The molecular formula is C23H20N2O4. The summed E-state index contributed by atoms with van der Waals surface area (Å²) >= 11 is 0. The predicted octanol–water partition coefficient (Wildman–Crippen LogP) is 4.35. The third kappa shape index (κ3) is 3.65. The number of carbonyl (C=O) groups is 2. The minimum Gasteiger partial charge on any atom is -0.495 e. The van der Waals surface area contributed by atoms with Crippen LogP contribution in [0.15, 0.2) is 71.1 Å². The number of rotatable bonds is 5. The molecule has 0 aliphatic rings. The summed E-state index contributed by atoms with van der Waals surface area (Å²) in [5.41, 5.74) is 2.37. The van der Waals surface area contributed by atoms with Crippen molar-refractivity contribution in [1.29, 1.82) is 0 Å². The monoisotopic (exact) mass is 388 g/mol. The maximum absolute atomic E-state index is 12.6. The number of methoxy groups -OCH3 is 1. The molecule has 3 aromatic carbocycles. The number of amides is 2. The lowest BCUT2D eigenvalue weighted by molar-refractivity contribution is -0.117. The van der Waals surface area contributed by atoms with Gasteiger partial charge in [0.1, 0.15) is 23.0 Å². The van der Waals surface area contributed by atoms with E-state index in [1.165, 1.54) is 0 Å². The van der Waals surface area contributed by atoms with Crippen molar-refractivity contribution in [1.82, 2.24) is 5.32 Å². The summed E-state index contributed by atoms with van der Waals surface area (Å²) in [6, 6.07) is 19.3. The Morgan fingerprint density at radius 3 is 2.41 bits per heavy atom. The van der Waals surface area contributed by atoms with E-state index in [2.05, 4.69) is 10.6 Å². The maximum Gasteiger partial charge on any atom is 0.251 e. The number of benzene rings is 3. The number of ether oxygens (including phenoxy) is 1. The summed E-state index contributed by atoms with van der Waals surface area (Å²) in [5.74, 6) is -0.157. The van der Waals surface area contributed by atoms with Gasteiger partial charge >= 0.3 is 0 Å². The van der Waals surface area contributed by atoms with Gasteiger partial charge in [-0.15, -0.1) is 0 Å². The van der Waals surface area contributed by atoms with Gasteiger partial charge in [0.15, 0.2) is 0 Å². The molecule has 4 rings (SSSR count). The molecule has 0 spiro atoms. The number of hydrogen-bond donors (Lipinski definition) is 2. The Hall–Kier alpha value is -3.80. The molecule has 6 heteroatoms. The number of nitrogens with one attached hydrogen (secondary N) is 2. The van der Waals surface area contributed by atoms with Crippen LogP contribution in [0.5, 0.6) is 5.75 Å². The second kappa shape index (κ2) is 7.67. The maximum atomic E-state index is 12.6. The Balaban J connectivity index is 1.57. The molecule has 0 aliphatic carbocycles. The lowest BCUT2D eigenvalue weighted by Gasteiger charge is -2.16. The van der Waals surface area contributed by atoms with E-state index in [-0.39, 0.29) is 11.8 Å². The molecule has 0 aliphatic heterocycles. The second-order valence-corrected chi connectivity index (χ2v) is 6.70. The second-order valence-electron chi connectivity index (χ2n) is 6.70. The molecule has 6 nitrogen and oxygen atoms in total. The highest BCUT2D eigenvalue weighted by Gasteiger charge is 2.19. The fourth-order valence-corrected chi connectivity index (χ4v) is 3.19. The SMILES string of the molecule is COc1cc2c(cc1NC(=O)C(C)NC(=O)c1ccccc1)oc1ccccc12. The van der Waals surface area contributed by atoms with Crippen LogP contribution in [-0.2, 0) is 4.79 Å². The lowest BCUT2D eigenvalue weighted by atomic mass is 10.1. The van der Waals surface area contributed by atoms with Gasteiger partial charge in [0.2, 0.25) is 5.91 Å². The van der Waals surface area contributed by atoms with Gasteiger partial charge in [-0.25, -0.2) is 0 Å². The van der Waals surface area contributed by atoms with Gasteiger partial charge in [-0.3, -0.25) is 9.59 Å². The molecule has 2 amide bonds. The molecule has 0 radical (unpaired) electrons. The third-order valence-corrected chi connectivity index (χ3v) is 4.73. The first-order valence-corrected chi connectivity index (χ1v) is 9.23. The Kier molecular flexibility index (Phi) is 4.91. The highest BCUT2D eigenvalue weighted by Crippen LogP contribution is 2.36. The number of anilines is 1. The Morgan fingerprint density at radius 1 is 0.931 bits per heavy atom. The quantitative estimate of drug-likeness (QED) is 0.533. The van der Waals surface area contributed by atoms with Crippen molar-refractivity contribution < 1.29 is 18.7 Å². The summed E-state index contributed by atoms with van der Waals surface area (Å²) < 4.78 is 11.3. The van der Waals surface area contributed by atoms with Crippen LogP contribution in [0.4, 0.5) is 5.69 Å². The van der Waals surface area contributed by atoms with Gasteiger partial charge in [-0.2, -0.15) is 0 Å². The molecule has 4 aromatic rings. The molecule has 0 bridgehead atoms. The number of fused-ring (bicyclic) bond motifs is 3. The average Bonchev–Trinajstić information content (AvgIpc) is 3.11. The molecular weight excluding hydrogens is 368 g/mol. The first-order valence-electron chi connectivity index (χ1n) is 9.23. The summed E-state index contributed by atoms with van der Waals surface area (Å²) in [6.07, 6.45) is 0. The van der Waals surface area contributed by atoms with Gasteiger partial charge in [0.25, 0.3) is 5.91 Å². The van der Waals surface area contributed by atoms with Crippen LogP contribution in [0.3, 0.4) is 0 Å². The van der Waals surface area contributed by atoms with Gasteiger partial charge in [0, 0.05) is 22.4 Å². The van der Waals surface area contributed by atoms with Gasteiger partial charge in [-0.1, -0.05) is 36.4 Å². The number of hydrogen-bond acceptors (Lipinski definition) is 4. The fraction of sp³-hybridized carbons (Fsp3) is 0.130. The van der Waals surface area contributed by atoms with Crippen molar-refractivity contribution in [3.63, 3.8) is 0 Å². The van der Waals surface area contributed by atoms with E-state index in [0.717, 1.165) is 16.4 Å². The van der Waals surface area contributed by atoms with Crippen molar-refractivity contribution in [3.8, 4) is 5.75 Å². The van der Waals surface area contributed by atoms with Crippen LogP contribution in [0.25, 0.3) is 21.9 Å². The Labute approximate surface area is 167 Å². The topological polar surface area (TPSA) is 80.6 Å². The van der Waals surface area contributed by atoms with Crippen LogP contribution >= 0.6 is 0 Å². The van der Waals surface area contributed by atoms with E-state index in [9.17, 15) is 9.59 Å². The van der Waals surface area contributed by atoms with Crippen molar-refractivity contribution >= 4 is 39.4 Å². The molecule has 29 heavy (non-hydrogen) atoms. The Morgan fingerprint density at radius 2 is 1.66 bits per heavy atom. The van der Waals surface area contributed by atoms with Crippen LogP contribution in [-0.4, -0.2) is 25.0 Å². The van der Waals surface area contributed by atoms with Crippen molar-refractivity contribution in [2.75, 3.05) is 12.4 Å². The predicted molar refractivity (Wildman–Crippen MR) is 112 cm³/mol. The normalized spacial score (nSPS) is 11.9. The molecule has 1 aromatic heterocycles. The smallest absolute Gasteiger partial charge is 0.251 e. The Bertz CT molecular complexity index is 1200. The molecule has 0 saturated heterocycles. The zero-order valence-electron chi connectivity index (χ0n) is 16.1. The summed E-state index contributed by atoms with van der Waals surface area (Å²) in [6.45, 7) is 1.63.